The third-order valence-electron chi connectivity index (χ3n) is 4.12. The maximum atomic E-state index is 13.1. The molecule has 3 rings (SSSR count). The number of anilines is 2. The van der Waals surface area contributed by atoms with Crippen LogP contribution in [-0.4, -0.2) is 20.6 Å². The van der Waals surface area contributed by atoms with Gasteiger partial charge in [-0.05, 0) is 36.4 Å². The van der Waals surface area contributed by atoms with Gasteiger partial charge in [0.1, 0.15) is 10.7 Å². The Balaban J connectivity index is 1.92. The van der Waals surface area contributed by atoms with Gasteiger partial charge in [-0.2, -0.15) is 0 Å². The van der Waals surface area contributed by atoms with Crippen LogP contribution in [0.2, 0.25) is 0 Å². The number of aliphatic hydroxyl groups excluding tert-OH is 1. The zero-order valence-corrected chi connectivity index (χ0v) is 15.4. The van der Waals surface area contributed by atoms with Gasteiger partial charge in [-0.1, -0.05) is 42.5 Å². The van der Waals surface area contributed by atoms with Gasteiger partial charge >= 0.3 is 0 Å². The average Bonchev–Trinajstić information content (AvgIpc) is 2.69. The summed E-state index contributed by atoms with van der Waals surface area (Å²) in [6, 6.07) is 20.3. The highest BCUT2D eigenvalue weighted by Crippen LogP contribution is 2.29. The summed E-state index contributed by atoms with van der Waals surface area (Å²) in [5.74, 6) is -0.418. The molecular formula is C20H19FN2O3S. The molecule has 0 spiro atoms. The number of nitrogens with one attached hydrogen (secondary N) is 1. The molecule has 3 aromatic rings. The van der Waals surface area contributed by atoms with Crippen LogP contribution in [-0.2, 0) is 10.0 Å². The first-order valence-corrected chi connectivity index (χ1v) is 9.66. The minimum absolute atomic E-state index is 0.0255. The lowest BCUT2D eigenvalue weighted by molar-refractivity contribution is 0.208. The number of hydrogen-bond donors (Lipinski definition) is 2. The summed E-state index contributed by atoms with van der Waals surface area (Å²) in [6.45, 7) is 0. The van der Waals surface area contributed by atoms with Crippen molar-refractivity contribution in [1.29, 1.82) is 0 Å². The van der Waals surface area contributed by atoms with Crippen LogP contribution in [0, 0.1) is 5.82 Å². The van der Waals surface area contributed by atoms with E-state index in [9.17, 15) is 17.9 Å². The molecule has 7 heteroatoms. The topological polar surface area (TPSA) is 69.6 Å². The van der Waals surface area contributed by atoms with E-state index >= 15 is 0 Å². The Hall–Kier alpha value is -2.90. The zero-order chi connectivity index (χ0) is 19.4. The molecule has 0 aliphatic carbocycles. The highest BCUT2D eigenvalue weighted by atomic mass is 32.2. The van der Waals surface area contributed by atoms with Crippen molar-refractivity contribution in [2.75, 3.05) is 16.7 Å². The fourth-order valence-electron chi connectivity index (χ4n) is 2.61. The highest BCUT2D eigenvalue weighted by Gasteiger charge is 2.25. The van der Waals surface area contributed by atoms with E-state index in [0.29, 0.717) is 11.3 Å². The summed E-state index contributed by atoms with van der Waals surface area (Å²) in [6.07, 6.45) is -1.19. The predicted octanol–water partition coefficient (Wildman–Crippen LogP) is 3.75. The lowest BCUT2D eigenvalue weighted by Gasteiger charge is -2.23. The predicted molar refractivity (Wildman–Crippen MR) is 103 cm³/mol. The summed E-state index contributed by atoms with van der Waals surface area (Å²) in [4.78, 5) is 0.0255. The Morgan fingerprint density at radius 1 is 0.926 bits per heavy atom. The largest absolute Gasteiger partial charge is 0.369 e. The molecular weight excluding hydrogens is 367 g/mol. The number of benzene rings is 3. The third-order valence-corrected chi connectivity index (χ3v) is 5.97. The smallest absolute Gasteiger partial charge is 0.266 e. The molecule has 140 valence electrons. The van der Waals surface area contributed by atoms with Gasteiger partial charge in [0.15, 0.2) is 6.23 Å². The van der Waals surface area contributed by atoms with Gasteiger partial charge in [-0.15, -0.1) is 0 Å². The summed E-state index contributed by atoms with van der Waals surface area (Å²) in [7, 11) is -2.39. The van der Waals surface area contributed by atoms with E-state index in [1.54, 1.807) is 48.5 Å². The first-order chi connectivity index (χ1) is 12.9. The van der Waals surface area contributed by atoms with E-state index in [2.05, 4.69) is 5.32 Å². The molecule has 1 atom stereocenters. The van der Waals surface area contributed by atoms with Crippen LogP contribution in [0.25, 0.3) is 0 Å². The molecule has 5 nitrogen and oxygen atoms in total. The number of rotatable bonds is 6. The molecule has 0 heterocycles. The molecule has 3 aromatic carbocycles. The fourth-order valence-corrected chi connectivity index (χ4v) is 3.96. The van der Waals surface area contributed by atoms with Crippen molar-refractivity contribution in [2.24, 2.45) is 0 Å². The monoisotopic (exact) mass is 386 g/mol. The summed E-state index contributed by atoms with van der Waals surface area (Å²) >= 11 is 0. The molecule has 0 bridgehead atoms. The van der Waals surface area contributed by atoms with Gasteiger partial charge < -0.3 is 10.4 Å². The van der Waals surface area contributed by atoms with Crippen molar-refractivity contribution < 1.29 is 17.9 Å². The number of sulfonamides is 1. The molecule has 0 aromatic heterocycles. The lowest BCUT2D eigenvalue weighted by atomic mass is 10.2. The SMILES string of the molecule is CN(c1ccccc1)S(=O)(=O)c1ccccc1NC(O)c1ccc(F)cc1. The Morgan fingerprint density at radius 3 is 2.19 bits per heavy atom. The van der Waals surface area contributed by atoms with Crippen molar-refractivity contribution in [2.45, 2.75) is 11.1 Å². The van der Waals surface area contributed by atoms with Crippen molar-refractivity contribution in [1.82, 2.24) is 0 Å². The van der Waals surface area contributed by atoms with Gasteiger partial charge in [-0.25, -0.2) is 12.8 Å². The number of hydrogen-bond acceptors (Lipinski definition) is 4. The minimum atomic E-state index is -3.86. The minimum Gasteiger partial charge on any atom is -0.369 e. The summed E-state index contributed by atoms with van der Waals surface area (Å²) in [5.41, 5.74) is 1.18. The van der Waals surface area contributed by atoms with Crippen LogP contribution < -0.4 is 9.62 Å². The number of para-hydroxylation sites is 2. The number of nitrogens with zero attached hydrogens (tertiary/aromatic N) is 1. The van der Waals surface area contributed by atoms with Crippen LogP contribution in [0.3, 0.4) is 0 Å². The Bertz CT molecular complexity index is 1010. The average molecular weight is 386 g/mol. The fraction of sp³-hybridized carbons (Fsp3) is 0.100. The second kappa shape index (κ2) is 7.77. The third kappa shape index (κ3) is 4.10. The van der Waals surface area contributed by atoms with Gasteiger partial charge in [0, 0.05) is 12.6 Å². The Morgan fingerprint density at radius 2 is 1.52 bits per heavy atom. The first-order valence-electron chi connectivity index (χ1n) is 8.22. The van der Waals surface area contributed by atoms with Gasteiger partial charge in [0.2, 0.25) is 0 Å². The second-order valence-corrected chi connectivity index (χ2v) is 7.84. The molecule has 0 amide bonds. The summed E-state index contributed by atoms with van der Waals surface area (Å²) in [5, 5.41) is 13.2. The van der Waals surface area contributed by atoms with E-state index in [1.807, 2.05) is 0 Å². The van der Waals surface area contributed by atoms with Crippen molar-refractivity contribution >= 4 is 21.4 Å². The Kier molecular flexibility index (Phi) is 5.43. The van der Waals surface area contributed by atoms with Crippen molar-refractivity contribution in [3.05, 3.63) is 90.2 Å². The van der Waals surface area contributed by atoms with E-state index in [0.717, 1.165) is 0 Å². The van der Waals surface area contributed by atoms with E-state index in [1.165, 1.54) is 41.7 Å². The van der Waals surface area contributed by atoms with Gasteiger partial charge in [0.25, 0.3) is 10.0 Å². The summed E-state index contributed by atoms with van der Waals surface area (Å²) < 4.78 is 40.4. The standard InChI is InChI=1S/C20H19FN2O3S/c1-23(17-7-3-2-4-8-17)27(25,26)19-10-6-5-9-18(19)22-20(24)15-11-13-16(21)14-12-15/h2-14,20,22,24H,1H3. The van der Waals surface area contributed by atoms with Crippen LogP contribution in [0.1, 0.15) is 11.8 Å². The maximum Gasteiger partial charge on any atom is 0.266 e. The van der Waals surface area contributed by atoms with Crippen LogP contribution in [0.15, 0.2) is 83.8 Å². The molecule has 0 saturated heterocycles. The molecule has 0 radical (unpaired) electrons. The van der Waals surface area contributed by atoms with E-state index in [-0.39, 0.29) is 10.6 Å². The van der Waals surface area contributed by atoms with Crippen LogP contribution >= 0.6 is 0 Å². The van der Waals surface area contributed by atoms with Crippen LogP contribution in [0.5, 0.6) is 0 Å². The van der Waals surface area contributed by atoms with Gasteiger partial charge in [-0.3, -0.25) is 4.31 Å². The molecule has 2 N–H and O–H groups in total. The van der Waals surface area contributed by atoms with Gasteiger partial charge in [0.05, 0.1) is 11.4 Å². The number of aliphatic hydroxyl groups is 1. The maximum absolute atomic E-state index is 13.1. The van der Waals surface area contributed by atoms with E-state index < -0.39 is 22.1 Å². The second-order valence-electron chi connectivity index (χ2n) is 5.90. The molecule has 0 aliphatic rings. The number of halogens is 1. The van der Waals surface area contributed by atoms with Crippen molar-refractivity contribution in [3.8, 4) is 0 Å². The molecule has 0 saturated carbocycles. The first kappa shape index (κ1) is 18.9. The molecule has 0 fully saturated rings. The highest BCUT2D eigenvalue weighted by molar-refractivity contribution is 7.93. The molecule has 1 unspecified atom stereocenters. The zero-order valence-electron chi connectivity index (χ0n) is 14.6. The molecule has 27 heavy (non-hydrogen) atoms. The normalized spacial score (nSPS) is 12.4. The molecule has 0 aliphatic heterocycles. The van der Waals surface area contributed by atoms with E-state index in [4.69, 9.17) is 0 Å². The van der Waals surface area contributed by atoms with Crippen molar-refractivity contribution in [3.63, 3.8) is 0 Å². The Labute approximate surface area is 157 Å². The van der Waals surface area contributed by atoms with Crippen LogP contribution in [0.4, 0.5) is 15.8 Å². The lowest BCUT2D eigenvalue weighted by Crippen LogP contribution is -2.27. The quantitative estimate of drug-likeness (QED) is 0.633.